The van der Waals surface area contributed by atoms with E-state index in [0.717, 1.165) is 16.8 Å². The molecule has 0 aliphatic rings. The SMILES string of the molecule is Cc1nn(C)c(Cl)c1/C=C\C(=O)NCc1ccoc1. The van der Waals surface area contributed by atoms with Crippen LogP contribution in [0.5, 0.6) is 0 Å². The van der Waals surface area contributed by atoms with Gasteiger partial charge in [0.2, 0.25) is 5.91 Å². The molecule has 0 atom stereocenters. The predicted molar refractivity (Wildman–Crippen MR) is 72.5 cm³/mol. The monoisotopic (exact) mass is 279 g/mol. The van der Waals surface area contributed by atoms with E-state index in [0.29, 0.717) is 11.7 Å². The molecule has 0 saturated heterocycles. The molecule has 0 fully saturated rings. The summed E-state index contributed by atoms with van der Waals surface area (Å²) in [5.41, 5.74) is 2.45. The topological polar surface area (TPSA) is 60.1 Å². The van der Waals surface area contributed by atoms with Crippen molar-refractivity contribution in [1.29, 1.82) is 0 Å². The van der Waals surface area contributed by atoms with Crippen LogP contribution < -0.4 is 5.32 Å². The van der Waals surface area contributed by atoms with Crippen LogP contribution in [0.25, 0.3) is 6.08 Å². The average Bonchev–Trinajstić information content (AvgIpc) is 2.96. The Morgan fingerprint density at radius 1 is 1.63 bits per heavy atom. The van der Waals surface area contributed by atoms with Crippen LogP contribution in [-0.2, 0) is 18.4 Å². The molecule has 1 amide bonds. The van der Waals surface area contributed by atoms with Crippen molar-refractivity contribution in [3.63, 3.8) is 0 Å². The number of hydrogen-bond donors (Lipinski definition) is 1. The van der Waals surface area contributed by atoms with Crippen molar-refractivity contribution in [2.45, 2.75) is 13.5 Å². The number of halogens is 1. The van der Waals surface area contributed by atoms with Crippen molar-refractivity contribution in [1.82, 2.24) is 15.1 Å². The van der Waals surface area contributed by atoms with Crippen LogP contribution in [0.2, 0.25) is 5.15 Å². The number of furan rings is 1. The third kappa shape index (κ3) is 3.26. The van der Waals surface area contributed by atoms with Gasteiger partial charge in [-0.3, -0.25) is 9.48 Å². The Labute approximate surface area is 115 Å². The normalized spacial score (nSPS) is 11.1. The molecule has 0 aliphatic heterocycles. The van der Waals surface area contributed by atoms with E-state index in [2.05, 4.69) is 10.4 Å². The van der Waals surface area contributed by atoms with E-state index in [4.69, 9.17) is 16.0 Å². The second-order valence-electron chi connectivity index (χ2n) is 4.10. The number of carbonyl (C=O) groups excluding carboxylic acids is 1. The van der Waals surface area contributed by atoms with E-state index < -0.39 is 0 Å². The molecule has 0 aliphatic carbocycles. The summed E-state index contributed by atoms with van der Waals surface area (Å²) in [5.74, 6) is -0.194. The Bertz CT molecular complexity index is 600. The first kappa shape index (κ1) is 13.4. The van der Waals surface area contributed by atoms with Crippen LogP contribution in [0.3, 0.4) is 0 Å². The van der Waals surface area contributed by atoms with Crippen molar-refractivity contribution in [3.05, 3.63) is 46.6 Å². The molecular weight excluding hydrogens is 266 g/mol. The maximum Gasteiger partial charge on any atom is 0.244 e. The fourth-order valence-corrected chi connectivity index (χ4v) is 1.87. The van der Waals surface area contributed by atoms with Crippen molar-refractivity contribution in [2.24, 2.45) is 7.05 Å². The minimum Gasteiger partial charge on any atom is -0.472 e. The summed E-state index contributed by atoms with van der Waals surface area (Å²) in [7, 11) is 1.76. The zero-order valence-corrected chi connectivity index (χ0v) is 11.4. The number of carbonyl (C=O) groups is 1. The Morgan fingerprint density at radius 3 is 3.00 bits per heavy atom. The Hall–Kier alpha value is -2.01. The third-order valence-electron chi connectivity index (χ3n) is 2.64. The first-order chi connectivity index (χ1) is 9.08. The van der Waals surface area contributed by atoms with Crippen LogP contribution in [0, 0.1) is 6.92 Å². The minimum atomic E-state index is -0.194. The van der Waals surface area contributed by atoms with Crippen molar-refractivity contribution in [2.75, 3.05) is 0 Å². The van der Waals surface area contributed by atoms with E-state index in [1.54, 1.807) is 36.4 Å². The molecule has 0 radical (unpaired) electrons. The summed E-state index contributed by atoms with van der Waals surface area (Å²) in [4.78, 5) is 11.6. The second-order valence-corrected chi connectivity index (χ2v) is 4.45. The molecular formula is C13H14ClN3O2. The van der Waals surface area contributed by atoms with Crippen molar-refractivity contribution >= 4 is 23.6 Å². The lowest BCUT2D eigenvalue weighted by molar-refractivity contribution is -0.116. The summed E-state index contributed by atoms with van der Waals surface area (Å²) >= 11 is 6.06. The molecule has 0 saturated carbocycles. The zero-order chi connectivity index (χ0) is 13.8. The van der Waals surface area contributed by atoms with Gasteiger partial charge < -0.3 is 9.73 Å². The lowest BCUT2D eigenvalue weighted by Gasteiger charge is -1.98. The van der Waals surface area contributed by atoms with Crippen LogP contribution in [0.15, 0.2) is 29.1 Å². The van der Waals surface area contributed by atoms with Crippen molar-refractivity contribution in [3.8, 4) is 0 Å². The van der Waals surface area contributed by atoms with Gasteiger partial charge in [0, 0.05) is 30.8 Å². The zero-order valence-electron chi connectivity index (χ0n) is 10.7. The second kappa shape index (κ2) is 5.75. The van der Waals surface area contributed by atoms with Crippen LogP contribution in [0.1, 0.15) is 16.8 Å². The highest BCUT2D eigenvalue weighted by atomic mass is 35.5. The van der Waals surface area contributed by atoms with Gasteiger partial charge in [-0.05, 0) is 19.1 Å². The van der Waals surface area contributed by atoms with Gasteiger partial charge in [-0.15, -0.1) is 0 Å². The van der Waals surface area contributed by atoms with E-state index in [-0.39, 0.29) is 5.91 Å². The number of hydrogen-bond acceptors (Lipinski definition) is 3. The number of nitrogens with one attached hydrogen (secondary N) is 1. The lowest BCUT2D eigenvalue weighted by Crippen LogP contribution is -2.19. The van der Waals surface area contributed by atoms with Gasteiger partial charge in [-0.1, -0.05) is 11.6 Å². The molecule has 2 rings (SSSR count). The summed E-state index contributed by atoms with van der Waals surface area (Å²) in [6, 6.07) is 1.80. The molecule has 6 heteroatoms. The fourth-order valence-electron chi connectivity index (χ4n) is 1.64. The van der Waals surface area contributed by atoms with Gasteiger partial charge in [0.1, 0.15) is 5.15 Å². The highest BCUT2D eigenvalue weighted by molar-refractivity contribution is 6.31. The highest BCUT2D eigenvalue weighted by Gasteiger charge is 2.08. The van der Waals surface area contributed by atoms with Crippen molar-refractivity contribution < 1.29 is 9.21 Å². The molecule has 5 nitrogen and oxygen atoms in total. The number of rotatable bonds is 4. The fraction of sp³-hybridized carbons (Fsp3) is 0.231. The maximum atomic E-state index is 11.6. The molecule has 1 N–H and O–H groups in total. The number of aryl methyl sites for hydroxylation is 2. The van der Waals surface area contributed by atoms with Crippen LogP contribution in [0.4, 0.5) is 0 Å². The minimum absolute atomic E-state index is 0.194. The summed E-state index contributed by atoms with van der Waals surface area (Å²) in [5, 5.41) is 7.42. The predicted octanol–water partition coefficient (Wildman–Crippen LogP) is 2.30. The van der Waals surface area contributed by atoms with E-state index in [1.165, 1.54) is 6.08 Å². The molecule has 2 aromatic rings. The lowest BCUT2D eigenvalue weighted by atomic mass is 10.2. The van der Waals surface area contributed by atoms with Gasteiger partial charge in [-0.25, -0.2) is 0 Å². The Balaban J connectivity index is 1.96. The highest BCUT2D eigenvalue weighted by Crippen LogP contribution is 2.19. The van der Waals surface area contributed by atoms with Crippen LogP contribution >= 0.6 is 11.6 Å². The summed E-state index contributed by atoms with van der Waals surface area (Å²) in [6.07, 6.45) is 6.26. The molecule has 0 unspecified atom stereocenters. The van der Waals surface area contributed by atoms with E-state index >= 15 is 0 Å². The molecule has 19 heavy (non-hydrogen) atoms. The quantitative estimate of drug-likeness (QED) is 0.874. The van der Waals surface area contributed by atoms with E-state index in [9.17, 15) is 4.79 Å². The third-order valence-corrected chi connectivity index (χ3v) is 3.09. The number of amides is 1. The van der Waals surface area contributed by atoms with Gasteiger partial charge in [-0.2, -0.15) is 5.10 Å². The molecule has 0 spiro atoms. The molecule has 100 valence electrons. The standard InChI is InChI=1S/C13H14ClN3O2/c1-9-11(13(14)17(2)16-9)3-4-12(18)15-7-10-5-6-19-8-10/h3-6,8H,7H2,1-2H3,(H,15,18)/b4-3-. The molecule has 2 heterocycles. The van der Waals surface area contributed by atoms with Gasteiger partial charge >= 0.3 is 0 Å². The first-order valence-corrected chi connectivity index (χ1v) is 6.12. The number of aromatic nitrogens is 2. The first-order valence-electron chi connectivity index (χ1n) is 5.74. The largest absolute Gasteiger partial charge is 0.472 e. The molecule has 2 aromatic heterocycles. The summed E-state index contributed by atoms with van der Waals surface area (Å²) in [6.45, 7) is 2.27. The Kier molecular flexibility index (Phi) is 4.06. The Morgan fingerprint density at radius 2 is 2.42 bits per heavy atom. The van der Waals surface area contributed by atoms with Gasteiger partial charge in [0.25, 0.3) is 0 Å². The maximum absolute atomic E-state index is 11.6. The smallest absolute Gasteiger partial charge is 0.244 e. The molecule has 0 aromatic carbocycles. The number of nitrogens with zero attached hydrogens (tertiary/aromatic N) is 2. The van der Waals surface area contributed by atoms with Gasteiger partial charge in [0.15, 0.2) is 0 Å². The van der Waals surface area contributed by atoms with E-state index in [1.807, 2.05) is 6.92 Å². The average molecular weight is 280 g/mol. The summed E-state index contributed by atoms with van der Waals surface area (Å²) < 4.78 is 6.48. The van der Waals surface area contributed by atoms with Gasteiger partial charge in [0.05, 0.1) is 18.2 Å². The van der Waals surface area contributed by atoms with Crippen LogP contribution in [-0.4, -0.2) is 15.7 Å². The molecule has 0 bridgehead atoms.